The highest BCUT2D eigenvalue weighted by molar-refractivity contribution is 7.80. The van der Waals surface area contributed by atoms with Gasteiger partial charge in [-0.3, -0.25) is 14.3 Å². The van der Waals surface area contributed by atoms with Crippen LogP contribution >= 0.6 is 12.2 Å². The Morgan fingerprint density at radius 1 is 1.28 bits per heavy atom. The molecule has 2 aromatic rings. The normalized spacial score (nSPS) is 14.1. The van der Waals surface area contributed by atoms with Crippen LogP contribution in [0.25, 0.3) is 0 Å². The number of nitrogens with two attached hydrogens (primary N) is 1. The van der Waals surface area contributed by atoms with E-state index in [1.54, 1.807) is 0 Å². The molecule has 8 heteroatoms. The van der Waals surface area contributed by atoms with Gasteiger partial charge in [0, 0.05) is 18.3 Å². The molecule has 1 heterocycles. The molecule has 1 aliphatic carbocycles. The first kappa shape index (κ1) is 21.1. The van der Waals surface area contributed by atoms with E-state index in [9.17, 15) is 9.59 Å². The van der Waals surface area contributed by atoms with Crippen molar-refractivity contribution >= 4 is 34.5 Å². The minimum atomic E-state index is -0.500. The van der Waals surface area contributed by atoms with Crippen molar-refractivity contribution in [1.29, 1.82) is 0 Å². The zero-order valence-electron chi connectivity index (χ0n) is 17.0. The van der Waals surface area contributed by atoms with Gasteiger partial charge in [0.25, 0.3) is 5.56 Å². The van der Waals surface area contributed by atoms with Crippen LogP contribution in [0.5, 0.6) is 0 Å². The molecule has 0 saturated heterocycles. The minimum absolute atomic E-state index is 0.0703. The molecule has 29 heavy (non-hydrogen) atoms. The van der Waals surface area contributed by atoms with E-state index < -0.39 is 11.2 Å². The fraction of sp³-hybridized carbons (Fsp3) is 0.476. The van der Waals surface area contributed by atoms with Gasteiger partial charge in [-0.2, -0.15) is 0 Å². The number of hydrogen-bond donors (Lipinski definition) is 3. The molecule has 0 spiro atoms. The number of rotatable bonds is 6. The first-order valence-electron chi connectivity index (χ1n) is 10.2. The van der Waals surface area contributed by atoms with Crippen molar-refractivity contribution in [3.05, 3.63) is 50.7 Å². The molecule has 1 aromatic heterocycles. The predicted molar refractivity (Wildman–Crippen MR) is 123 cm³/mol. The summed E-state index contributed by atoms with van der Waals surface area (Å²) in [5, 5.41) is 3.65. The summed E-state index contributed by atoms with van der Waals surface area (Å²) in [6.45, 7) is 4.52. The number of benzene rings is 1. The number of nitrogens with one attached hydrogen (secondary N) is 2. The van der Waals surface area contributed by atoms with Gasteiger partial charge < -0.3 is 16.0 Å². The largest absolute Gasteiger partial charge is 0.383 e. The summed E-state index contributed by atoms with van der Waals surface area (Å²) in [6, 6.07) is 7.96. The second-order valence-corrected chi connectivity index (χ2v) is 7.99. The van der Waals surface area contributed by atoms with E-state index in [4.69, 9.17) is 18.0 Å². The summed E-state index contributed by atoms with van der Waals surface area (Å²) in [5.41, 5.74) is 7.64. The van der Waals surface area contributed by atoms with Gasteiger partial charge in [0.15, 0.2) is 10.8 Å². The molecule has 0 aliphatic heterocycles. The van der Waals surface area contributed by atoms with Gasteiger partial charge in [0.1, 0.15) is 5.82 Å². The zero-order chi connectivity index (χ0) is 21.0. The smallest absolute Gasteiger partial charge is 0.330 e. The summed E-state index contributed by atoms with van der Waals surface area (Å²) < 4.78 is 1.44. The number of nitrogens with zero attached hydrogens (tertiary/aromatic N) is 2. The lowest BCUT2D eigenvalue weighted by atomic mass is 10.2. The van der Waals surface area contributed by atoms with Gasteiger partial charge in [-0.15, -0.1) is 0 Å². The van der Waals surface area contributed by atoms with Crippen molar-refractivity contribution in [2.75, 3.05) is 16.0 Å². The highest BCUT2D eigenvalue weighted by Gasteiger charge is 2.30. The van der Waals surface area contributed by atoms with Crippen LogP contribution in [0.4, 0.5) is 17.2 Å². The molecule has 0 amide bonds. The van der Waals surface area contributed by atoms with Crippen molar-refractivity contribution in [2.45, 2.75) is 65.0 Å². The quantitative estimate of drug-likeness (QED) is 0.626. The Morgan fingerprint density at radius 3 is 2.55 bits per heavy atom. The molecule has 4 N–H and O–H groups in total. The van der Waals surface area contributed by atoms with E-state index in [0.717, 1.165) is 49.8 Å². The maximum Gasteiger partial charge on any atom is 0.330 e. The summed E-state index contributed by atoms with van der Waals surface area (Å²) in [5.74, 6) is 0.173. The number of thiocarbonyl (C=S) groups is 1. The van der Waals surface area contributed by atoms with Gasteiger partial charge in [-0.05, 0) is 50.5 Å². The number of unbranched alkanes of at least 4 members (excludes halogenated alkanes) is 1. The van der Waals surface area contributed by atoms with Crippen molar-refractivity contribution < 1.29 is 0 Å². The lowest BCUT2D eigenvalue weighted by molar-refractivity contribution is 0.601. The summed E-state index contributed by atoms with van der Waals surface area (Å²) in [6.07, 6.45) is 5.69. The van der Waals surface area contributed by atoms with Crippen LogP contribution in [0, 0.1) is 6.92 Å². The van der Waals surface area contributed by atoms with Crippen LogP contribution in [-0.2, 0) is 6.54 Å². The molecular formula is C21H29N5O2S. The van der Waals surface area contributed by atoms with Gasteiger partial charge in [0.05, 0.1) is 0 Å². The van der Waals surface area contributed by atoms with E-state index in [1.165, 1.54) is 4.57 Å². The van der Waals surface area contributed by atoms with Crippen molar-refractivity contribution in [2.24, 2.45) is 0 Å². The van der Waals surface area contributed by atoms with Gasteiger partial charge in [-0.1, -0.05) is 43.9 Å². The fourth-order valence-electron chi connectivity index (χ4n) is 3.78. The van der Waals surface area contributed by atoms with E-state index >= 15 is 0 Å². The number of aryl methyl sites for hydroxylation is 1. The first-order chi connectivity index (χ1) is 13.9. The Labute approximate surface area is 175 Å². The molecular weight excluding hydrogens is 386 g/mol. The second kappa shape index (κ2) is 9.26. The predicted octanol–water partition coefficient (Wildman–Crippen LogP) is 3.37. The number of H-pyrrole nitrogens is 1. The average molecular weight is 416 g/mol. The van der Waals surface area contributed by atoms with E-state index in [-0.39, 0.29) is 17.5 Å². The van der Waals surface area contributed by atoms with Gasteiger partial charge in [-0.25, -0.2) is 4.79 Å². The minimum Gasteiger partial charge on any atom is -0.383 e. The molecule has 0 radical (unpaired) electrons. The standard InChI is InChI=1S/C21H29N5O2S/c1-3-4-13-25-18(22)17(19(27)24-20(25)28)26(16-7-5-6-8-16)21(29)23-15-11-9-14(2)10-12-15/h9-12,16H,3-8,13,22H2,1-2H3,(H,23,29)(H,24,27,28). The van der Waals surface area contributed by atoms with Crippen LogP contribution < -0.4 is 27.2 Å². The molecule has 1 fully saturated rings. The molecule has 7 nitrogen and oxygen atoms in total. The van der Waals surface area contributed by atoms with E-state index in [2.05, 4.69) is 10.3 Å². The Balaban J connectivity index is 2.03. The Hall–Kier alpha value is -2.61. The number of hydrogen-bond acceptors (Lipinski definition) is 4. The molecule has 0 unspecified atom stereocenters. The number of anilines is 3. The third kappa shape index (κ3) is 4.70. The Morgan fingerprint density at radius 2 is 1.93 bits per heavy atom. The summed E-state index contributed by atoms with van der Waals surface area (Å²) in [7, 11) is 0. The van der Waals surface area contributed by atoms with Crippen LogP contribution in [0.3, 0.4) is 0 Å². The third-order valence-electron chi connectivity index (χ3n) is 5.40. The summed E-state index contributed by atoms with van der Waals surface area (Å²) in [4.78, 5) is 29.4. The lowest BCUT2D eigenvalue weighted by Crippen LogP contribution is -2.47. The molecule has 0 atom stereocenters. The monoisotopic (exact) mass is 415 g/mol. The van der Waals surface area contributed by atoms with Crippen LogP contribution in [-0.4, -0.2) is 20.7 Å². The highest BCUT2D eigenvalue weighted by atomic mass is 32.1. The first-order valence-corrected chi connectivity index (χ1v) is 10.6. The van der Waals surface area contributed by atoms with E-state index in [0.29, 0.717) is 11.7 Å². The number of nitrogen functional groups attached to an aromatic ring is 1. The number of aromatic amines is 1. The lowest BCUT2D eigenvalue weighted by Gasteiger charge is -2.32. The van der Waals surface area contributed by atoms with Crippen LogP contribution in [0.2, 0.25) is 0 Å². The maximum absolute atomic E-state index is 12.8. The molecule has 156 valence electrons. The molecule has 1 aliphatic rings. The molecule has 1 aromatic carbocycles. The van der Waals surface area contributed by atoms with Crippen molar-refractivity contribution in [1.82, 2.24) is 9.55 Å². The van der Waals surface area contributed by atoms with Crippen LogP contribution in [0.1, 0.15) is 51.0 Å². The fourth-order valence-corrected chi connectivity index (χ4v) is 4.14. The highest BCUT2D eigenvalue weighted by Crippen LogP contribution is 2.30. The topological polar surface area (TPSA) is 96.2 Å². The van der Waals surface area contributed by atoms with Gasteiger partial charge in [0.2, 0.25) is 0 Å². The molecule has 3 rings (SSSR count). The Bertz CT molecular complexity index is 974. The molecule has 0 bridgehead atoms. The van der Waals surface area contributed by atoms with Gasteiger partial charge >= 0.3 is 5.69 Å². The van der Waals surface area contributed by atoms with Crippen LogP contribution in [0.15, 0.2) is 33.9 Å². The Kier molecular flexibility index (Phi) is 6.74. The second-order valence-electron chi connectivity index (χ2n) is 7.60. The van der Waals surface area contributed by atoms with Crippen molar-refractivity contribution in [3.63, 3.8) is 0 Å². The average Bonchev–Trinajstić information content (AvgIpc) is 3.20. The number of aromatic nitrogens is 2. The van der Waals surface area contributed by atoms with E-state index in [1.807, 2.05) is 43.0 Å². The zero-order valence-corrected chi connectivity index (χ0v) is 17.8. The summed E-state index contributed by atoms with van der Waals surface area (Å²) >= 11 is 5.71. The SMILES string of the molecule is CCCCn1c(N)c(N(C(=S)Nc2ccc(C)cc2)C2CCCC2)c(=O)[nH]c1=O. The maximum atomic E-state index is 12.8. The van der Waals surface area contributed by atoms with Crippen molar-refractivity contribution in [3.8, 4) is 0 Å². The third-order valence-corrected chi connectivity index (χ3v) is 5.70. The molecule has 1 saturated carbocycles.